The van der Waals surface area contributed by atoms with Gasteiger partial charge in [-0.1, -0.05) is 18.2 Å². The summed E-state index contributed by atoms with van der Waals surface area (Å²) in [5.74, 6) is -0.836. The molecule has 0 saturated carbocycles. The molecule has 1 aromatic heterocycles. The van der Waals surface area contributed by atoms with Gasteiger partial charge in [0.15, 0.2) is 5.58 Å². The summed E-state index contributed by atoms with van der Waals surface area (Å²) in [7, 11) is -3.60. The van der Waals surface area contributed by atoms with E-state index in [2.05, 4.69) is 5.32 Å². The van der Waals surface area contributed by atoms with Gasteiger partial charge in [0.2, 0.25) is 15.9 Å². The lowest BCUT2D eigenvalue weighted by atomic mass is 10.1. The summed E-state index contributed by atoms with van der Waals surface area (Å²) < 4.78 is 33.6. The van der Waals surface area contributed by atoms with Crippen molar-refractivity contribution in [3.05, 3.63) is 58.1 Å². The average molecular weight is 444 g/mol. The van der Waals surface area contributed by atoms with Gasteiger partial charge in [-0.3, -0.25) is 9.36 Å². The molecule has 0 aliphatic carbocycles. The maximum atomic E-state index is 12.8. The molecule has 9 heteroatoms. The minimum Gasteiger partial charge on any atom is -0.408 e. The number of benzene rings is 2. The lowest BCUT2D eigenvalue weighted by Crippen LogP contribution is -2.27. The molecule has 1 fully saturated rings. The zero-order chi connectivity index (χ0) is 22.2. The quantitative estimate of drug-likeness (QED) is 0.631. The number of aromatic nitrogens is 1. The number of hydrogen-bond acceptors (Lipinski definition) is 5. The lowest BCUT2D eigenvalue weighted by molar-refractivity contribution is -0.116. The van der Waals surface area contributed by atoms with Gasteiger partial charge in [-0.05, 0) is 49.9 Å². The van der Waals surface area contributed by atoms with Gasteiger partial charge >= 0.3 is 5.76 Å². The molecule has 31 heavy (non-hydrogen) atoms. The minimum absolute atomic E-state index is 0.0795. The number of nitrogens with one attached hydrogen (secondary N) is 1. The molecular formula is C22H25N3O5S. The molecule has 0 bridgehead atoms. The van der Waals surface area contributed by atoms with Gasteiger partial charge in [0.25, 0.3) is 0 Å². The van der Waals surface area contributed by atoms with Gasteiger partial charge < -0.3 is 9.73 Å². The van der Waals surface area contributed by atoms with E-state index in [0.29, 0.717) is 18.6 Å². The van der Waals surface area contributed by atoms with Crippen LogP contribution < -0.4 is 11.1 Å². The smallest absolute Gasteiger partial charge is 0.408 e. The monoisotopic (exact) mass is 443 g/mol. The number of sulfonamides is 1. The van der Waals surface area contributed by atoms with Gasteiger partial charge in [-0.25, -0.2) is 13.2 Å². The third-order valence-corrected chi connectivity index (χ3v) is 7.55. The average Bonchev–Trinajstić information content (AvgIpc) is 3.37. The van der Waals surface area contributed by atoms with Crippen molar-refractivity contribution < 1.29 is 17.6 Å². The molecule has 3 aromatic rings. The van der Waals surface area contributed by atoms with Gasteiger partial charge in [-0.2, -0.15) is 4.31 Å². The van der Waals surface area contributed by atoms with Crippen molar-refractivity contribution in [2.24, 2.45) is 0 Å². The van der Waals surface area contributed by atoms with Crippen LogP contribution >= 0.6 is 0 Å². The number of rotatable bonds is 6. The van der Waals surface area contributed by atoms with Crippen molar-refractivity contribution in [1.29, 1.82) is 0 Å². The highest BCUT2D eigenvalue weighted by Crippen LogP contribution is 2.24. The van der Waals surface area contributed by atoms with Crippen LogP contribution in [0.4, 0.5) is 5.69 Å². The molecule has 0 atom stereocenters. The maximum Gasteiger partial charge on any atom is 0.419 e. The van der Waals surface area contributed by atoms with Crippen molar-refractivity contribution in [3.63, 3.8) is 0 Å². The molecule has 8 nitrogen and oxygen atoms in total. The van der Waals surface area contributed by atoms with Gasteiger partial charge in [-0.15, -0.1) is 0 Å². The third kappa shape index (κ3) is 4.15. The first kappa shape index (κ1) is 21.3. The summed E-state index contributed by atoms with van der Waals surface area (Å²) >= 11 is 0. The van der Waals surface area contributed by atoms with Crippen molar-refractivity contribution in [1.82, 2.24) is 8.87 Å². The predicted molar refractivity (Wildman–Crippen MR) is 118 cm³/mol. The van der Waals surface area contributed by atoms with E-state index in [4.69, 9.17) is 4.42 Å². The number of amides is 1. The van der Waals surface area contributed by atoms with E-state index >= 15 is 0 Å². The Bertz CT molecular complexity index is 1280. The first-order chi connectivity index (χ1) is 14.8. The van der Waals surface area contributed by atoms with E-state index in [0.717, 1.165) is 29.7 Å². The fraction of sp³-hybridized carbons (Fsp3) is 0.364. The molecule has 1 saturated heterocycles. The Hall–Kier alpha value is -2.91. The number of aryl methyl sites for hydroxylation is 3. The summed E-state index contributed by atoms with van der Waals surface area (Å²) in [6.07, 6.45) is 1.77. The number of hydrogen-bond donors (Lipinski definition) is 1. The first-order valence-electron chi connectivity index (χ1n) is 10.3. The Balaban J connectivity index is 1.53. The van der Waals surface area contributed by atoms with E-state index in [1.807, 2.05) is 32.0 Å². The normalized spacial score (nSPS) is 14.9. The van der Waals surface area contributed by atoms with E-state index in [-0.39, 0.29) is 29.4 Å². The van der Waals surface area contributed by atoms with Crippen LogP contribution in [-0.2, 0) is 21.4 Å². The zero-order valence-electron chi connectivity index (χ0n) is 17.6. The van der Waals surface area contributed by atoms with Crippen molar-refractivity contribution in [3.8, 4) is 0 Å². The van der Waals surface area contributed by atoms with Gasteiger partial charge in [0.05, 0.1) is 10.4 Å². The van der Waals surface area contributed by atoms with Crippen LogP contribution in [0.25, 0.3) is 11.1 Å². The Morgan fingerprint density at radius 3 is 2.45 bits per heavy atom. The van der Waals surface area contributed by atoms with Crippen LogP contribution in [0.5, 0.6) is 0 Å². The SMILES string of the molecule is Cc1cccc(C)c1NC(=O)CCn1c(=O)oc2cc(S(=O)(=O)N3CCCC3)ccc21. The summed E-state index contributed by atoms with van der Waals surface area (Å²) in [6, 6.07) is 10.2. The maximum absolute atomic E-state index is 12.8. The molecule has 164 valence electrons. The Labute approximate surface area is 180 Å². The molecule has 4 rings (SSSR count). The van der Waals surface area contributed by atoms with Crippen molar-refractivity contribution in [2.75, 3.05) is 18.4 Å². The molecule has 1 aliphatic heterocycles. The minimum atomic E-state index is -3.60. The van der Waals surface area contributed by atoms with Gasteiger partial charge in [0.1, 0.15) is 0 Å². The molecule has 2 aromatic carbocycles. The zero-order valence-corrected chi connectivity index (χ0v) is 18.4. The largest absolute Gasteiger partial charge is 0.419 e. The molecule has 0 spiro atoms. The standard InChI is InChI=1S/C22H25N3O5S/c1-15-6-5-7-16(2)21(15)23-20(26)10-13-25-18-9-8-17(14-19(18)30-22(25)27)31(28,29)24-11-3-4-12-24/h5-9,14H,3-4,10-13H2,1-2H3,(H,23,26). The number of anilines is 1. The Kier molecular flexibility index (Phi) is 5.72. The highest BCUT2D eigenvalue weighted by molar-refractivity contribution is 7.89. The van der Waals surface area contributed by atoms with E-state index in [1.165, 1.54) is 21.0 Å². The highest BCUT2D eigenvalue weighted by atomic mass is 32.2. The number of carbonyl (C=O) groups is 1. The summed E-state index contributed by atoms with van der Waals surface area (Å²) in [6.45, 7) is 4.97. The van der Waals surface area contributed by atoms with Crippen LogP contribution in [0.1, 0.15) is 30.4 Å². The topological polar surface area (TPSA) is 102 Å². The fourth-order valence-corrected chi connectivity index (χ4v) is 5.46. The van der Waals surface area contributed by atoms with Gasteiger partial charge in [0, 0.05) is 37.8 Å². The second kappa shape index (κ2) is 8.32. The predicted octanol–water partition coefficient (Wildman–Crippen LogP) is 3.02. The first-order valence-corrected chi connectivity index (χ1v) is 11.7. The Morgan fingerprint density at radius 2 is 1.77 bits per heavy atom. The molecule has 0 radical (unpaired) electrons. The van der Waals surface area contributed by atoms with Crippen molar-refractivity contribution >= 4 is 32.7 Å². The molecule has 2 heterocycles. The summed E-state index contributed by atoms with van der Waals surface area (Å²) in [5, 5.41) is 2.90. The van der Waals surface area contributed by atoms with Crippen LogP contribution in [0.2, 0.25) is 0 Å². The third-order valence-electron chi connectivity index (χ3n) is 5.65. The van der Waals surface area contributed by atoms with Crippen LogP contribution in [0, 0.1) is 13.8 Å². The van der Waals surface area contributed by atoms with E-state index in [1.54, 1.807) is 6.07 Å². The number of nitrogens with zero attached hydrogens (tertiary/aromatic N) is 2. The number of fused-ring (bicyclic) bond motifs is 1. The van der Waals surface area contributed by atoms with Crippen LogP contribution in [0.15, 0.2) is 50.5 Å². The van der Waals surface area contributed by atoms with Crippen LogP contribution in [0.3, 0.4) is 0 Å². The lowest BCUT2D eigenvalue weighted by Gasteiger charge is -2.15. The summed E-state index contributed by atoms with van der Waals surface area (Å²) in [4.78, 5) is 24.9. The second-order valence-electron chi connectivity index (χ2n) is 7.83. The molecule has 0 unspecified atom stereocenters. The molecule has 1 aliphatic rings. The van der Waals surface area contributed by atoms with E-state index < -0.39 is 15.8 Å². The number of oxazole rings is 1. The fourth-order valence-electron chi connectivity index (χ4n) is 3.92. The number of para-hydroxylation sites is 1. The highest BCUT2D eigenvalue weighted by Gasteiger charge is 2.28. The van der Waals surface area contributed by atoms with E-state index in [9.17, 15) is 18.0 Å². The molecule has 1 amide bonds. The van der Waals surface area contributed by atoms with Crippen molar-refractivity contribution in [2.45, 2.75) is 44.6 Å². The summed E-state index contributed by atoms with van der Waals surface area (Å²) in [5.41, 5.74) is 3.36. The van der Waals surface area contributed by atoms with Crippen LogP contribution in [-0.4, -0.2) is 36.3 Å². The number of carbonyl (C=O) groups excluding carboxylic acids is 1. The second-order valence-corrected chi connectivity index (χ2v) is 9.76. The Morgan fingerprint density at radius 1 is 1.10 bits per heavy atom. The molecule has 1 N–H and O–H groups in total. The molecular weight excluding hydrogens is 418 g/mol.